The van der Waals surface area contributed by atoms with Crippen molar-refractivity contribution in [3.63, 3.8) is 0 Å². The Kier molecular flexibility index (Phi) is 6.71. The van der Waals surface area contributed by atoms with Crippen molar-refractivity contribution < 1.29 is 9.00 Å². The largest absolute Gasteiger partial charge is 0.398 e. The Morgan fingerprint density at radius 1 is 1.40 bits per heavy atom. The maximum Gasteiger partial charge on any atom is 0.235 e. The first-order valence-electron chi connectivity index (χ1n) is 7.02. The van der Waals surface area contributed by atoms with Gasteiger partial charge in [-0.15, -0.1) is 0 Å². The van der Waals surface area contributed by atoms with Crippen molar-refractivity contribution in [2.24, 2.45) is 0 Å². The molecule has 0 fully saturated rings. The fourth-order valence-corrected chi connectivity index (χ4v) is 3.16. The smallest absolute Gasteiger partial charge is 0.235 e. The lowest BCUT2D eigenvalue weighted by Crippen LogP contribution is -2.36. The molecule has 0 aromatic heterocycles. The van der Waals surface area contributed by atoms with E-state index in [4.69, 9.17) is 5.73 Å². The highest BCUT2D eigenvalue weighted by molar-refractivity contribution is 7.86. The number of nitrogen functional groups attached to an aromatic ring is 1. The molecule has 2 atom stereocenters. The normalized spacial score (nSPS) is 13.8. The zero-order valence-electron chi connectivity index (χ0n) is 12.4. The summed E-state index contributed by atoms with van der Waals surface area (Å²) in [6.07, 6.45) is 3.16. The number of nitrogens with two attached hydrogens (primary N) is 1. The molecule has 0 aliphatic carbocycles. The molecule has 0 heterocycles. The van der Waals surface area contributed by atoms with Crippen LogP contribution in [0.25, 0.3) is 0 Å². The summed E-state index contributed by atoms with van der Waals surface area (Å²) in [4.78, 5) is 12.6. The second kappa shape index (κ2) is 8.04. The predicted octanol–water partition coefficient (Wildman–Crippen LogP) is 2.38. The van der Waals surface area contributed by atoms with Crippen molar-refractivity contribution in [1.29, 1.82) is 0 Å². The van der Waals surface area contributed by atoms with Crippen LogP contribution < -0.4 is 11.1 Å². The Bertz CT molecular complexity index is 489. The Balaban J connectivity index is 2.66. The molecule has 4 nitrogen and oxygen atoms in total. The standard InChI is InChI=1S/C15H24N2O2S/c1-4-5-6-10-17-15(18)12(3)20(19)14-9-7-8-13(16)11(14)2/h7-9,12H,4-6,10,16H2,1-3H3,(H,17,18). The van der Waals surface area contributed by atoms with Crippen molar-refractivity contribution in [2.75, 3.05) is 12.3 Å². The lowest BCUT2D eigenvalue weighted by Gasteiger charge is -2.14. The van der Waals surface area contributed by atoms with Gasteiger partial charge in [0.2, 0.25) is 5.91 Å². The van der Waals surface area contributed by atoms with E-state index in [1.807, 2.05) is 6.92 Å². The fraction of sp³-hybridized carbons (Fsp3) is 0.533. The molecule has 0 aliphatic heterocycles. The number of anilines is 1. The molecule has 112 valence electrons. The van der Waals surface area contributed by atoms with E-state index in [0.717, 1.165) is 24.8 Å². The average Bonchev–Trinajstić information content (AvgIpc) is 2.44. The molecule has 1 amide bonds. The molecule has 1 rings (SSSR count). The highest BCUT2D eigenvalue weighted by Crippen LogP contribution is 2.21. The summed E-state index contributed by atoms with van der Waals surface area (Å²) in [7, 11) is -1.38. The summed E-state index contributed by atoms with van der Waals surface area (Å²) in [6.45, 7) is 6.27. The fourth-order valence-electron chi connectivity index (χ4n) is 1.87. The van der Waals surface area contributed by atoms with Crippen molar-refractivity contribution in [1.82, 2.24) is 5.32 Å². The van der Waals surface area contributed by atoms with Crippen LogP contribution >= 0.6 is 0 Å². The molecular formula is C15H24N2O2S. The summed E-state index contributed by atoms with van der Waals surface area (Å²) in [5.74, 6) is -0.165. The first kappa shape index (κ1) is 16.7. The van der Waals surface area contributed by atoms with Gasteiger partial charge in [-0.25, -0.2) is 0 Å². The first-order valence-corrected chi connectivity index (χ1v) is 8.23. The monoisotopic (exact) mass is 296 g/mol. The number of carbonyl (C=O) groups is 1. The van der Waals surface area contributed by atoms with Gasteiger partial charge in [0.25, 0.3) is 0 Å². The van der Waals surface area contributed by atoms with Gasteiger partial charge >= 0.3 is 0 Å². The number of hydrogen-bond acceptors (Lipinski definition) is 3. The molecule has 0 aliphatic rings. The maximum absolute atomic E-state index is 12.4. The third-order valence-corrected chi connectivity index (χ3v) is 5.04. The predicted molar refractivity (Wildman–Crippen MR) is 84.0 cm³/mol. The molecule has 0 spiro atoms. The zero-order chi connectivity index (χ0) is 15.1. The van der Waals surface area contributed by atoms with E-state index in [0.29, 0.717) is 17.1 Å². The number of amides is 1. The van der Waals surface area contributed by atoms with Gasteiger partial charge in [-0.1, -0.05) is 25.8 Å². The molecule has 0 bridgehead atoms. The SMILES string of the molecule is CCCCCNC(=O)C(C)S(=O)c1cccc(N)c1C. The number of benzene rings is 1. The van der Waals surface area contributed by atoms with Gasteiger partial charge in [-0.05, 0) is 38.0 Å². The van der Waals surface area contributed by atoms with E-state index in [9.17, 15) is 9.00 Å². The van der Waals surface area contributed by atoms with Gasteiger partial charge in [0.1, 0.15) is 5.25 Å². The van der Waals surface area contributed by atoms with Gasteiger partial charge in [0, 0.05) is 17.1 Å². The van der Waals surface area contributed by atoms with Crippen molar-refractivity contribution >= 4 is 22.4 Å². The van der Waals surface area contributed by atoms with E-state index in [-0.39, 0.29) is 5.91 Å². The number of hydrogen-bond donors (Lipinski definition) is 2. The summed E-state index contributed by atoms with van der Waals surface area (Å²) in [6, 6.07) is 5.30. The van der Waals surface area contributed by atoms with Gasteiger partial charge in [0.15, 0.2) is 0 Å². The van der Waals surface area contributed by atoms with Crippen LogP contribution in [-0.2, 0) is 15.6 Å². The third-order valence-electron chi connectivity index (χ3n) is 3.31. The number of nitrogens with one attached hydrogen (secondary N) is 1. The van der Waals surface area contributed by atoms with Gasteiger partial charge in [-0.3, -0.25) is 9.00 Å². The van der Waals surface area contributed by atoms with Gasteiger partial charge in [-0.2, -0.15) is 0 Å². The topological polar surface area (TPSA) is 72.2 Å². The summed E-state index contributed by atoms with van der Waals surface area (Å²) < 4.78 is 12.4. The van der Waals surface area contributed by atoms with Crippen LogP contribution in [0.4, 0.5) is 5.69 Å². The van der Waals surface area contributed by atoms with Crippen molar-refractivity contribution in [3.8, 4) is 0 Å². The van der Waals surface area contributed by atoms with Gasteiger partial charge < -0.3 is 11.1 Å². The van der Waals surface area contributed by atoms with Crippen LogP contribution in [-0.4, -0.2) is 21.9 Å². The molecule has 20 heavy (non-hydrogen) atoms. The molecule has 1 aromatic rings. The minimum Gasteiger partial charge on any atom is -0.398 e. The van der Waals surface area contributed by atoms with Crippen molar-refractivity contribution in [2.45, 2.75) is 50.2 Å². The summed E-state index contributed by atoms with van der Waals surface area (Å²) in [5, 5.41) is 2.27. The van der Waals surface area contributed by atoms with E-state index in [1.165, 1.54) is 0 Å². The highest BCUT2D eigenvalue weighted by atomic mass is 32.2. The second-order valence-corrected chi connectivity index (χ2v) is 6.65. The van der Waals surface area contributed by atoms with E-state index >= 15 is 0 Å². The number of unbranched alkanes of at least 4 members (excludes halogenated alkanes) is 2. The first-order chi connectivity index (χ1) is 9.49. The third kappa shape index (κ3) is 4.34. The summed E-state index contributed by atoms with van der Waals surface area (Å²) in [5.41, 5.74) is 7.20. The minimum atomic E-state index is -1.38. The summed E-state index contributed by atoms with van der Waals surface area (Å²) >= 11 is 0. The molecule has 5 heteroatoms. The zero-order valence-corrected chi connectivity index (χ0v) is 13.3. The number of rotatable bonds is 7. The van der Waals surface area contributed by atoms with Crippen molar-refractivity contribution in [3.05, 3.63) is 23.8 Å². The highest BCUT2D eigenvalue weighted by Gasteiger charge is 2.22. The van der Waals surface area contributed by atoms with Crippen LogP contribution in [0.1, 0.15) is 38.7 Å². The Hall–Kier alpha value is -1.36. The van der Waals surface area contributed by atoms with E-state index in [1.54, 1.807) is 25.1 Å². The number of carbonyl (C=O) groups excluding carboxylic acids is 1. The lowest BCUT2D eigenvalue weighted by molar-refractivity contribution is -0.120. The average molecular weight is 296 g/mol. The van der Waals surface area contributed by atoms with Crippen LogP contribution in [0.2, 0.25) is 0 Å². The second-order valence-electron chi connectivity index (χ2n) is 4.91. The molecule has 3 N–H and O–H groups in total. The van der Waals surface area contributed by atoms with Crippen LogP contribution in [0.15, 0.2) is 23.1 Å². The Morgan fingerprint density at radius 2 is 2.10 bits per heavy atom. The molecule has 0 saturated carbocycles. The van der Waals surface area contributed by atoms with Crippen LogP contribution in [0.5, 0.6) is 0 Å². The lowest BCUT2D eigenvalue weighted by atomic mass is 10.2. The quantitative estimate of drug-likeness (QED) is 0.599. The molecule has 2 unspecified atom stereocenters. The van der Waals surface area contributed by atoms with E-state index < -0.39 is 16.0 Å². The maximum atomic E-state index is 12.4. The van der Waals surface area contributed by atoms with E-state index in [2.05, 4.69) is 12.2 Å². The Morgan fingerprint density at radius 3 is 2.75 bits per heavy atom. The minimum absolute atomic E-state index is 0.165. The molecular weight excluding hydrogens is 272 g/mol. The van der Waals surface area contributed by atoms with Crippen LogP contribution in [0.3, 0.4) is 0 Å². The van der Waals surface area contributed by atoms with Crippen LogP contribution in [0, 0.1) is 6.92 Å². The Labute approximate surface area is 123 Å². The molecule has 0 radical (unpaired) electrons. The molecule has 1 aromatic carbocycles. The molecule has 0 saturated heterocycles. The van der Waals surface area contributed by atoms with Gasteiger partial charge in [0.05, 0.1) is 10.8 Å².